The number of ether oxygens (including phenoxy) is 2. The van der Waals surface area contributed by atoms with Gasteiger partial charge in [-0.1, -0.05) is 0 Å². The lowest BCUT2D eigenvalue weighted by molar-refractivity contribution is -0.144. The van der Waals surface area contributed by atoms with Crippen molar-refractivity contribution in [2.45, 2.75) is 45.1 Å². The summed E-state index contributed by atoms with van der Waals surface area (Å²) in [7, 11) is 3.94. The van der Waals surface area contributed by atoms with E-state index in [1.165, 1.54) is 0 Å². The van der Waals surface area contributed by atoms with Crippen molar-refractivity contribution < 1.29 is 14.3 Å². The minimum Gasteiger partial charge on any atom is -0.464 e. The summed E-state index contributed by atoms with van der Waals surface area (Å²) in [6.07, 6.45) is 3.56. The fraction of sp³-hybridized carbons (Fsp3) is 0.929. The Hall–Kier alpha value is -0.610. The van der Waals surface area contributed by atoms with Crippen molar-refractivity contribution in [1.82, 2.24) is 4.90 Å². The molecule has 0 aromatic rings. The topological polar surface area (TPSA) is 38.8 Å². The SMILES string of the molecule is CN(C)CCOC(=O)CCC1CCOC(C)(C)C1. The third-order valence-electron chi connectivity index (χ3n) is 3.36. The van der Waals surface area contributed by atoms with Gasteiger partial charge in [-0.25, -0.2) is 0 Å². The van der Waals surface area contributed by atoms with Crippen LogP contribution in [-0.4, -0.2) is 50.3 Å². The predicted octanol–water partition coefficient (Wildman–Crippen LogP) is 2.08. The number of nitrogens with zero attached hydrogens (tertiary/aromatic N) is 1. The Balaban J connectivity index is 2.14. The molecule has 0 amide bonds. The maximum absolute atomic E-state index is 11.6. The van der Waals surface area contributed by atoms with E-state index in [0.717, 1.165) is 32.4 Å². The van der Waals surface area contributed by atoms with E-state index in [9.17, 15) is 4.79 Å². The van der Waals surface area contributed by atoms with E-state index in [1.807, 2.05) is 19.0 Å². The molecule has 1 rings (SSSR count). The van der Waals surface area contributed by atoms with E-state index in [1.54, 1.807) is 0 Å². The van der Waals surface area contributed by atoms with Crippen molar-refractivity contribution in [1.29, 1.82) is 0 Å². The Morgan fingerprint density at radius 2 is 2.17 bits per heavy atom. The molecule has 106 valence electrons. The van der Waals surface area contributed by atoms with Gasteiger partial charge in [-0.15, -0.1) is 0 Å². The lowest BCUT2D eigenvalue weighted by Crippen LogP contribution is -2.34. The first-order valence-corrected chi connectivity index (χ1v) is 6.83. The summed E-state index contributed by atoms with van der Waals surface area (Å²) in [4.78, 5) is 13.6. The monoisotopic (exact) mass is 257 g/mol. The smallest absolute Gasteiger partial charge is 0.305 e. The quantitative estimate of drug-likeness (QED) is 0.683. The number of esters is 1. The van der Waals surface area contributed by atoms with Crippen LogP contribution in [0.4, 0.5) is 0 Å². The second-order valence-corrected chi connectivity index (χ2v) is 6.03. The number of hydrogen-bond donors (Lipinski definition) is 0. The van der Waals surface area contributed by atoms with Gasteiger partial charge in [0.1, 0.15) is 6.61 Å². The van der Waals surface area contributed by atoms with Gasteiger partial charge < -0.3 is 14.4 Å². The molecule has 0 saturated carbocycles. The maximum atomic E-state index is 11.6. The van der Waals surface area contributed by atoms with Gasteiger partial charge in [0.25, 0.3) is 0 Å². The van der Waals surface area contributed by atoms with Crippen molar-refractivity contribution >= 4 is 5.97 Å². The van der Waals surface area contributed by atoms with E-state index < -0.39 is 0 Å². The highest BCUT2D eigenvalue weighted by Gasteiger charge is 2.28. The largest absolute Gasteiger partial charge is 0.464 e. The third kappa shape index (κ3) is 6.36. The second-order valence-electron chi connectivity index (χ2n) is 6.03. The highest BCUT2D eigenvalue weighted by atomic mass is 16.5. The van der Waals surface area contributed by atoms with Crippen LogP contribution in [0, 0.1) is 5.92 Å². The minimum atomic E-state index is -0.0684. The van der Waals surface area contributed by atoms with Gasteiger partial charge in [-0.05, 0) is 53.1 Å². The van der Waals surface area contributed by atoms with Gasteiger partial charge in [0.05, 0.1) is 5.60 Å². The number of carbonyl (C=O) groups excluding carboxylic acids is 1. The average molecular weight is 257 g/mol. The molecule has 1 unspecified atom stereocenters. The van der Waals surface area contributed by atoms with Crippen LogP contribution in [0.1, 0.15) is 39.5 Å². The number of rotatable bonds is 6. The first kappa shape index (κ1) is 15.4. The summed E-state index contributed by atoms with van der Waals surface area (Å²) in [6.45, 7) is 6.33. The van der Waals surface area contributed by atoms with Gasteiger partial charge >= 0.3 is 5.97 Å². The van der Waals surface area contributed by atoms with Gasteiger partial charge in [0.15, 0.2) is 0 Å². The van der Waals surface area contributed by atoms with E-state index in [-0.39, 0.29) is 11.6 Å². The molecule has 1 fully saturated rings. The first-order chi connectivity index (χ1) is 8.39. The molecule has 4 nitrogen and oxygen atoms in total. The Labute approximate surface area is 111 Å². The summed E-state index contributed by atoms with van der Waals surface area (Å²) in [6, 6.07) is 0. The van der Waals surface area contributed by atoms with Gasteiger partial charge in [-0.3, -0.25) is 4.79 Å². The fourth-order valence-electron chi connectivity index (χ4n) is 2.34. The third-order valence-corrected chi connectivity index (χ3v) is 3.36. The zero-order valence-corrected chi connectivity index (χ0v) is 12.2. The zero-order chi connectivity index (χ0) is 13.6. The number of likely N-dealkylation sites (N-methyl/N-ethyl adjacent to an activating group) is 1. The molecule has 0 N–H and O–H groups in total. The van der Waals surface area contributed by atoms with Crippen LogP contribution >= 0.6 is 0 Å². The number of carbonyl (C=O) groups is 1. The molecule has 18 heavy (non-hydrogen) atoms. The molecule has 0 aliphatic carbocycles. The fourth-order valence-corrected chi connectivity index (χ4v) is 2.34. The highest BCUT2D eigenvalue weighted by Crippen LogP contribution is 2.31. The van der Waals surface area contributed by atoms with Crippen molar-refractivity contribution in [3.8, 4) is 0 Å². The molecule has 1 saturated heterocycles. The molecule has 0 aromatic heterocycles. The lowest BCUT2D eigenvalue weighted by Gasteiger charge is -2.35. The van der Waals surface area contributed by atoms with Gasteiger partial charge in [0, 0.05) is 19.6 Å². The average Bonchev–Trinajstić information content (AvgIpc) is 2.24. The number of hydrogen-bond acceptors (Lipinski definition) is 4. The van der Waals surface area contributed by atoms with E-state index >= 15 is 0 Å². The lowest BCUT2D eigenvalue weighted by atomic mass is 9.85. The predicted molar refractivity (Wildman–Crippen MR) is 71.5 cm³/mol. The normalized spacial score (nSPS) is 23.1. The molecule has 0 bridgehead atoms. The molecule has 1 atom stereocenters. The first-order valence-electron chi connectivity index (χ1n) is 6.83. The summed E-state index contributed by atoms with van der Waals surface area (Å²) >= 11 is 0. The standard InChI is InChI=1S/C14H27NO3/c1-14(2)11-12(7-9-18-14)5-6-13(16)17-10-8-15(3)4/h12H,5-11H2,1-4H3. The van der Waals surface area contributed by atoms with Crippen molar-refractivity contribution in [2.24, 2.45) is 5.92 Å². The van der Waals surface area contributed by atoms with Crippen LogP contribution in [0.25, 0.3) is 0 Å². The molecule has 0 aromatic carbocycles. The van der Waals surface area contributed by atoms with Crippen molar-refractivity contribution in [2.75, 3.05) is 33.9 Å². The van der Waals surface area contributed by atoms with Crippen LogP contribution in [0.15, 0.2) is 0 Å². The Morgan fingerprint density at radius 1 is 1.44 bits per heavy atom. The molecule has 0 radical (unpaired) electrons. The van der Waals surface area contributed by atoms with Crippen molar-refractivity contribution in [3.05, 3.63) is 0 Å². The summed E-state index contributed by atoms with van der Waals surface area (Å²) in [5.74, 6) is 0.524. The Bertz CT molecular complexity index is 264. The molecular formula is C14H27NO3. The molecule has 4 heteroatoms. The summed E-state index contributed by atoms with van der Waals surface area (Å²) in [5, 5.41) is 0. The summed E-state index contributed by atoms with van der Waals surface area (Å²) < 4.78 is 10.9. The van der Waals surface area contributed by atoms with Gasteiger partial charge in [0.2, 0.25) is 0 Å². The van der Waals surface area contributed by atoms with Crippen molar-refractivity contribution in [3.63, 3.8) is 0 Å². The maximum Gasteiger partial charge on any atom is 0.305 e. The van der Waals surface area contributed by atoms with Crippen LogP contribution in [-0.2, 0) is 14.3 Å². The van der Waals surface area contributed by atoms with Crippen LogP contribution in [0.2, 0.25) is 0 Å². The summed E-state index contributed by atoms with van der Waals surface area (Å²) in [5.41, 5.74) is -0.0300. The molecular weight excluding hydrogens is 230 g/mol. The van der Waals surface area contributed by atoms with Crippen LogP contribution in [0.5, 0.6) is 0 Å². The van der Waals surface area contributed by atoms with E-state index in [0.29, 0.717) is 18.9 Å². The van der Waals surface area contributed by atoms with Gasteiger partial charge in [-0.2, -0.15) is 0 Å². The molecule has 0 spiro atoms. The highest BCUT2D eigenvalue weighted by molar-refractivity contribution is 5.69. The second kappa shape index (κ2) is 7.10. The van der Waals surface area contributed by atoms with Crippen LogP contribution < -0.4 is 0 Å². The minimum absolute atomic E-state index is 0.0300. The molecule has 1 aliphatic rings. The Morgan fingerprint density at radius 3 is 2.78 bits per heavy atom. The Kier molecular flexibility index (Phi) is 6.09. The van der Waals surface area contributed by atoms with E-state index in [4.69, 9.17) is 9.47 Å². The molecule has 1 heterocycles. The van der Waals surface area contributed by atoms with E-state index in [2.05, 4.69) is 13.8 Å². The van der Waals surface area contributed by atoms with Crippen LogP contribution in [0.3, 0.4) is 0 Å². The zero-order valence-electron chi connectivity index (χ0n) is 12.2. The molecule has 1 aliphatic heterocycles.